The number of allylic oxidation sites excluding steroid dienone is 2. The number of sulfone groups is 2. The molecule has 2 unspecified atom stereocenters. The molecule has 2 aliphatic rings. The molecular formula is C30H40N2O6S6. The molecule has 44 heavy (non-hydrogen) atoms. The topological polar surface area (TPSA) is 134 Å². The van der Waals surface area contributed by atoms with E-state index in [9.17, 15) is 27.4 Å². The summed E-state index contributed by atoms with van der Waals surface area (Å²) in [6.45, 7) is 9.37. The lowest BCUT2D eigenvalue weighted by Gasteiger charge is -2.22. The lowest BCUT2D eigenvalue weighted by Crippen LogP contribution is -2.14. The summed E-state index contributed by atoms with van der Waals surface area (Å²) in [7, 11) is -7.60. The second kappa shape index (κ2) is 16.4. The number of unbranched alkanes of at least 4 members (excludes halogenated alkanes) is 2. The highest BCUT2D eigenvalue weighted by atomic mass is 32.2. The van der Waals surface area contributed by atoms with Gasteiger partial charge in [-0.3, -0.25) is 0 Å². The molecule has 2 aliphatic heterocycles. The predicted octanol–water partition coefficient (Wildman–Crippen LogP) is 8.75. The van der Waals surface area contributed by atoms with Gasteiger partial charge in [-0.05, 0) is 24.7 Å². The number of thioether (sulfide) groups is 4. The van der Waals surface area contributed by atoms with Crippen molar-refractivity contribution in [1.82, 2.24) is 0 Å². The number of hydrogen-bond acceptors (Lipinski definition) is 12. The van der Waals surface area contributed by atoms with Crippen molar-refractivity contribution in [2.45, 2.75) is 98.6 Å². The number of nitriles is 2. The summed E-state index contributed by atoms with van der Waals surface area (Å²) in [5, 5.41) is 19.6. The van der Waals surface area contributed by atoms with E-state index in [-0.39, 0.29) is 9.81 Å². The van der Waals surface area contributed by atoms with Gasteiger partial charge in [0.1, 0.15) is 23.6 Å². The van der Waals surface area contributed by atoms with Crippen LogP contribution in [-0.2, 0) is 19.7 Å². The third-order valence-corrected chi connectivity index (χ3v) is 15.1. The summed E-state index contributed by atoms with van der Waals surface area (Å²) in [6.07, 6.45) is 10.1. The van der Waals surface area contributed by atoms with Gasteiger partial charge in [-0.1, -0.05) is 113 Å². The Morgan fingerprint density at radius 2 is 0.977 bits per heavy atom. The van der Waals surface area contributed by atoms with Gasteiger partial charge >= 0.3 is 0 Å². The molecule has 0 aromatic heterocycles. The van der Waals surface area contributed by atoms with Crippen molar-refractivity contribution < 1.29 is 26.3 Å². The van der Waals surface area contributed by atoms with E-state index in [4.69, 9.17) is 9.47 Å². The van der Waals surface area contributed by atoms with E-state index in [1.807, 2.05) is 12.1 Å². The highest BCUT2D eigenvalue weighted by molar-refractivity contribution is 8.26. The Morgan fingerprint density at radius 3 is 1.20 bits per heavy atom. The van der Waals surface area contributed by atoms with Crippen LogP contribution in [-0.4, -0.2) is 42.6 Å². The van der Waals surface area contributed by atoms with Crippen LogP contribution in [0.1, 0.15) is 79.1 Å². The first-order valence-electron chi connectivity index (χ1n) is 14.7. The van der Waals surface area contributed by atoms with Gasteiger partial charge in [0.05, 0.1) is 41.3 Å². The Hall–Kier alpha value is -1.42. The first-order valence-corrected chi connectivity index (χ1v) is 21.8. The molecular weight excluding hydrogens is 677 g/mol. The average Bonchev–Trinajstić information content (AvgIpc) is 3.58. The molecule has 0 fully saturated rings. The van der Waals surface area contributed by atoms with Crippen LogP contribution in [0.25, 0.3) is 0 Å². The Morgan fingerprint density at radius 1 is 0.659 bits per heavy atom. The van der Waals surface area contributed by atoms with Crippen molar-refractivity contribution >= 4 is 66.7 Å². The molecule has 0 bridgehead atoms. The van der Waals surface area contributed by atoms with E-state index in [1.165, 1.54) is 47.0 Å². The van der Waals surface area contributed by atoms with Crippen molar-refractivity contribution in [1.29, 1.82) is 10.5 Å². The molecule has 242 valence electrons. The molecule has 0 saturated carbocycles. The normalized spacial score (nSPS) is 15.6. The minimum Gasteiger partial charge on any atom is -0.491 e. The molecule has 2 atom stereocenters. The van der Waals surface area contributed by atoms with Crippen LogP contribution in [0.3, 0.4) is 0 Å². The van der Waals surface area contributed by atoms with E-state index >= 15 is 0 Å². The van der Waals surface area contributed by atoms with Crippen LogP contribution in [0.4, 0.5) is 0 Å². The SMILES string of the molecule is CCCCC(CC)COc1c2c(c(OCC(CC)CCCC)c3c1SC(=C(C#N)S(C)(=O)=O)S3)SC(=C(C#N)S(C)(=O)=O)S2. The van der Waals surface area contributed by atoms with Gasteiger partial charge in [-0.15, -0.1) is 0 Å². The van der Waals surface area contributed by atoms with Crippen LogP contribution < -0.4 is 9.47 Å². The summed E-state index contributed by atoms with van der Waals surface area (Å²) in [6, 6.07) is 3.75. The number of benzene rings is 1. The third-order valence-electron chi connectivity index (χ3n) is 7.35. The first kappa shape index (κ1) is 37.0. The smallest absolute Gasteiger partial charge is 0.187 e. The molecule has 1 aromatic carbocycles. The molecule has 0 saturated heterocycles. The van der Waals surface area contributed by atoms with Gasteiger partial charge in [0.15, 0.2) is 29.5 Å². The van der Waals surface area contributed by atoms with Gasteiger partial charge in [-0.2, -0.15) is 10.5 Å². The van der Waals surface area contributed by atoms with Crippen LogP contribution in [0.2, 0.25) is 0 Å². The largest absolute Gasteiger partial charge is 0.491 e. The zero-order chi connectivity index (χ0) is 32.7. The maximum atomic E-state index is 12.6. The van der Waals surface area contributed by atoms with Crippen LogP contribution in [0, 0.1) is 34.5 Å². The molecule has 0 radical (unpaired) electrons. The standard InChI is InChI=1S/C30H40N2O6S6/c1-7-11-13-19(9-3)17-37-23-25-27(41-29(39-25)21(15-31)43(5,33)34)24(38-18-20(10-4)14-12-8-2)28-26(23)40-30(42-28)22(16-32)44(6,35)36/h19-20H,7-14,17-18H2,1-6H3. The lowest BCUT2D eigenvalue weighted by atomic mass is 10.0. The highest BCUT2D eigenvalue weighted by Gasteiger charge is 2.40. The highest BCUT2D eigenvalue weighted by Crippen LogP contribution is 2.68. The average molecular weight is 717 g/mol. The minimum absolute atomic E-state index is 0.292. The van der Waals surface area contributed by atoms with Crippen molar-refractivity contribution in [2.75, 3.05) is 25.7 Å². The summed E-state index contributed by atoms with van der Waals surface area (Å²) in [5.41, 5.74) is 0. The number of rotatable bonds is 16. The molecule has 2 heterocycles. The van der Waals surface area contributed by atoms with E-state index in [0.717, 1.165) is 63.9 Å². The maximum absolute atomic E-state index is 12.6. The van der Waals surface area contributed by atoms with Crippen molar-refractivity contribution in [3.05, 3.63) is 18.3 Å². The quantitative estimate of drug-likeness (QED) is 0.151. The van der Waals surface area contributed by atoms with Crippen molar-refractivity contribution in [2.24, 2.45) is 11.8 Å². The number of fused-ring (bicyclic) bond motifs is 2. The summed E-state index contributed by atoms with van der Waals surface area (Å²) < 4.78 is 64.0. The summed E-state index contributed by atoms with van der Waals surface area (Å²) in [5.74, 6) is 1.60. The molecule has 0 N–H and O–H groups in total. The zero-order valence-electron chi connectivity index (χ0n) is 26.0. The van der Waals surface area contributed by atoms with E-state index < -0.39 is 19.7 Å². The van der Waals surface area contributed by atoms with Crippen molar-refractivity contribution in [3.63, 3.8) is 0 Å². The Balaban J connectivity index is 2.26. The molecule has 8 nitrogen and oxygen atoms in total. The van der Waals surface area contributed by atoms with Gasteiger partial charge in [-0.25, -0.2) is 16.8 Å². The third kappa shape index (κ3) is 8.89. The van der Waals surface area contributed by atoms with Crippen LogP contribution in [0.15, 0.2) is 37.9 Å². The summed E-state index contributed by atoms with van der Waals surface area (Å²) in [4.78, 5) is 1.97. The van der Waals surface area contributed by atoms with Crippen molar-refractivity contribution in [3.8, 4) is 23.6 Å². The molecule has 14 heteroatoms. The van der Waals surface area contributed by atoms with E-state index in [0.29, 0.717) is 64.6 Å². The Kier molecular flexibility index (Phi) is 13.8. The fourth-order valence-corrected chi connectivity index (χ4v) is 12.9. The van der Waals surface area contributed by atoms with Gasteiger partial charge < -0.3 is 9.47 Å². The Labute approximate surface area is 280 Å². The van der Waals surface area contributed by atoms with E-state index in [1.54, 1.807) is 0 Å². The van der Waals surface area contributed by atoms with E-state index in [2.05, 4.69) is 27.7 Å². The van der Waals surface area contributed by atoms with Gasteiger partial charge in [0.25, 0.3) is 0 Å². The zero-order valence-corrected chi connectivity index (χ0v) is 30.9. The molecule has 1 aromatic rings. The number of hydrogen-bond donors (Lipinski definition) is 0. The second-order valence-corrected chi connectivity index (χ2v) is 19.3. The van der Waals surface area contributed by atoms with Gasteiger partial charge in [0.2, 0.25) is 0 Å². The molecule has 0 aliphatic carbocycles. The monoisotopic (exact) mass is 716 g/mol. The maximum Gasteiger partial charge on any atom is 0.187 e. The van der Waals surface area contributed by atoms with Crippen LogP contribution in [0.5, 0.6) is 11.5 Å². The minimum atomic E-state index is -3.80. The predicted molar refractivity (Wildman–Crippen MR) is 182 cm³/mol. The molecule has 0 amide bonds. The number of nitrogens with zero attached hydrogens (tertiary/aromatic N) is 2. The fraction of sp³-hybridized carbons (Fsp3) is 0.600. The Bertz CT molecular complexity index is 1440. The summed E-state index contributed by atoms with van der Waals surface area (Å²) >= 11 is 4.67. The molecule has 3 rings (SSSR count). The molecule has 0 spiro atoms. The number of ether oxygens (including phenoxy) is 2. The van der Waals surface area contributed by atoms with Crippen LogP contribution >= 0.6 is 47.0 Å². The fourth-order valence-electron chi connectivity index (χ4n) is 4.61. The lowest BCUT2D eigenvalue weighted by molar-refractivity contribution is 0.210. The van der Waals surface area contributed by atoms with Gasteiger partial charge in [0, 0.05) is 12.5 Å². The first-order chi connectivity index (χ1) is 20.8. The second-order valence-electron chi connectivity index (χ2n) is 10.8.